The molecule has 10 heteroatoms. The van der Waals surface area contributed by atoms with E-state index in [4.69, 9.17) is 28.4 Å². The summed E-state index contributed by atoms with van der Waals surface area (Å²) in [6.07, 6.45) is 1.91. The number of benzene rings is 4. The molecule has 2 aliphatic heterocycles. The number of aromatic nitrogens is 2. The van der Waals surface area contributed by atoms with E-state index in [1.807, 2.05) is 109 Å². The van der Waals surface area contributed by atoms with Gasteiger partial charge in [0.05, 0.1) is 34.0 Å². The van der Waals surface area contributed by atoms with Crippen LogP contribution in [0.25, 0.3) is 0 Å². The maximum absolute atomic E-state index is 13.3. The van der Waals surface area contributed by atoms with Crippen molar-refractivity contribution in [3.63, 3.8) is 0 Å². The summed E-state index contributed by atoms with van der Waals surface area (Å²) < 4.78 is 40.4. The third-order valence-electron chi connectivity index (χ3n) is 10.2. The molecule has 0 radical (unpaired) electrons. The fourth-order valence-corrected chi connectivity index (χ4v) is 7.53. The molecule has 4 aromatic carbocycles. The first kappa shape index (κ1) is 35.2. The van der Waals surface area contributed by atoms with Gasteiger partial charge in [0.25, 0.3) is 5.56 Å². The maximum Gasteiger partial charge on any atom is 0.330 e. The minimum Gasteiger partial charge on any atom is -0.497 e. The van der Waals surface area contributed by atoms with Crippen molar-refractivity contribution in [3.8, 4) is 11.5 Å². The zero-order valence-electron chi connectivity index (χ0n) is 29.5. The molecule has 7 rings (SSSR count). The van der Waals surface area contributed by atoms with Gasteiger partial charge in [0.15, 0.2) is 6.23 Å². The molecule has 0 amide bonds. The maximum atomic E-state index is 13.3. The van der Waals surface area contributed by atoms with Crippen molar-refractivity contribution < 1.29 is 28.4 Å². The van der Waals surface area contributed by atoms with E-state index in [0.717, 1.165) is 22.3 Å². The molecule has 1 aromatic heterocycles. The molecule has 0 unspecified atom stereocenters. The number of rotatable bonds is 14. The van der Waals surface area contributed by atoms with Gasteiger partial charge >= 0.3 is 5.69 Å². The summed E-state index contributed by atoms with van der Waals surface area (Å²) in [6, 6.07) is 35.4. The number of methoxy groups -OCH3 is 2. The zero-order valence-corrected chi connectivity index (χ0v) is 29.5. The van der Waals surface area contributed by atoms with Gasteiger partial charge in [-0.15, -0.1) is 6.58 Å². The minimum absolute atomic E-state index is 0.0212. The highest BCUT2D eigenvalue weighted by Gasteiger charge is 2.73. The van der Waals surface area contributed by atoms with Gasteiger partial charge in [-0.2, -0.15) is 0 Å². The Morgan fingerprint density at radius 1 is 0.865 bits per heavy atom. The molecule has 1 N–H and O–H groups in total. The molecule has 2 aliphatic rings. The van der Waals surface area contributed by atoms with Gasteiger partial charge in [0.1, 0.15) is 34.4 Å². The van der Waals surface area contributed by atoms with E-state index in [0.29, 0.717) is 23.5 Å². The van der Waals surface area contributed by atoms with Crippen LogP contribution in [0.2, 0.25) is 0 Å². The van der Waals surface area contributed by atoms with Crippen LogP contribution in [0.15, 0.2) is 138 Å². The highest BCUT2D eigenvalue weighted by Crippen LogP contribution is 2.57. The minimum atomic E-state index is -1.24. The van der Waals surface area contributed by atoms with E-state index in [1.165, 1.54) is 10.8 Å². The van der Waals surface area contributed by atoms with E-state index in [-0.39, 0.29) is 19.8 Å². The van der Waals surface area contributed by atoms with Crippen LogP contribution in [-0.4, -0.2) is 54.3 Å². The normalized spacial score (nSPS) is 22.3. The molecule has 0 aliphatic carbocycles. The quantitative estimate of drug-likeness (QED) is 0.110. The van der Waals surface area contributed by atoms with Gasteiger partial charge in [0.2, 0.25) is 0 Å². The van der Waals surface area contributed by atoms with Gasteiger partial charge in [-0.3, -0.25) is 14.3 Å². The van der Waals surface area contributed by atoms with E-state index in [1.54, 1.807) is 27.2 Å². The number of nitrogens with zero attached hydrogens (tertiary/aromatic N) is 1. The van der Waals surface area contributed by atoms with Gasteiger partial charge < -0.3 is 28.4 Å². The summed E-state index contributed by atoms with van der Waals surface area (Å²) in [5, 5.41) is 0. The van der Waals surface area contributed by atoms with Crippen LogP contribution in [-0.2, 0) is 31.2 Å². The molecule has 268 valence electrons. The molecule has 2 fully saturated rings. The van der Waals surface area contributed by atoms with Crippen LogP contribution in [0.1, 0.15) is 40.5 Å². The number of aromatic amines is 1. The number of hydrogen-bond donors (Lipinski definition) is 1. The smallest absolute Gasteiger partial charge is 0.330 e. The monoisotopic (exact) mass is 702 g/mol. The largest absolute Gasteiger partial charge is 0.497 e. The van der Waals surface area contributed by atoms with Crippen molar-refractivity contribution in [2.75, 3.05) is 27.4 Å². The van der Waals surface area contributed by atoms with Gasteiger partial charge in [-0.05, 0) is 59.9 Å². The second kappa shape index (κ2) is 14.4. The number of hydrogen-bond acceptors (Lipinski definition) is 8. The molecule has 0 saturated carbocycles. The van der Waals surface area contributed by atoms with Crippen LogP contribution in [0.5, 0.6) is 11.5 Å². The Morgan fingerprint density at radius 2 is 1.44 bits per heavy atom. The van der Waals surface area contributed by atoms with Crippen molar-refractivity contribution in [2.24, 2.45) is 0 Å². The standard InChI is InChI=1S/C42H42N2O8/c1-5-24-41(50-26-30-12-8-6-9-13-30)36-38(44-25-29(2)37(45)43-39(44)46)52-40(41,27-49-36)28-51-42(31-14-10-7-11-15-31,32-16-20-34(47-3)21-17-32)33-18-22-35(48-4)23-19-33/h5-23,25,36,38H,1,24,26-28H2,2-4H3,(H,43,45,46)/t36-,38+,40+,41-/m0/s1. The van der Waals surface area contributed by atoms with Crippen molar-refractivity contribution in [2.45, 2.75) is 49.1 Å². The number of aryl methyl sites for hydroxylation is 1. The van der Waals surface area contributed by atoms with E-state index < -0.39 is 40.4 Å². The zero-order chi connectivity index (χ0) is 36.3. The third-order valence-corrected chi connectivity index (χ3v) is 10.2. The summed E-state index contributed by atoms with van der Waals surface area (Å²) in [4.78, 5) is 28.2. The van der Waals surface area contributed by atoms with Crippen LogP contribution >= 0.6 is 0 Å². The van der Waals surface area contributed by atoms with E-state index in [9.17, 15) is 9.59 Å². The SMILES string of the molecule is C=CC[C@]1(OCc2ccccc2)[C@H]2OC[C@]1(COC(c1ccccc1)(c1ccc(OC)cc1)c1ccc(OC)cc1)O[C@H]2n1cc(C)c(=O)[nH]c1=O. The molecular formula is C42H42N2O8. The molecule has 10 nitrogen and oxygen atoms in total. The van der Waals surface area contributed by atoms with Crippen LogP contribution in [0, 0.1) is 6.92 Å². The topological polar surface area (TPSA) is 110 Å². The van der Waals surface area contributed by atoms with Crippen molar-refractivity contribution in [3.05, 3.63) is 177 Å². The molecule has 2 saturated heterocycles. The number of H-pyrrole nitrogens is 1. The average molecular weight is 703 g/mol. The van der Waals surface area contributed by atoms with Gasteiger partial charge in [0, 0.05) is 11.8 Å². The van der Waals surface area contributed by atoms with Crippen LogP contribution in [0.3, 0.4) is 0 Å². The lowest BCUT2D eigenvalue weighted by Crippen LogP contribution is -2.57. The molecule has 5 aromatic rings. The fraction of sp³-hybridized carbons (Fsp3) is 0.286. The molecule has 4 atom stereocenters. The first-order chi connectivity index (χ1) is 25.3. The Hall–Kier alpha value is -5.26. The van der Waals surface area contributed by atoms with Gasteiger partial charge in [-0.1, -0.05) is 91.0 Å². The number of ether oxygens (including phenoxy) is 6. The second-order valence-corrected chi connectivity index (χ2v) is 13.2. The first-order valence-corrected chi connectivity index (χ1v) is 17.2. The Balaban J connectivity index is 1.39. The lowest BCUT2D eigenvalue weighted by Gasteiger charge is -2.43. The highest BCUT2D eigenvalue weighted by atomic mass is 16.7. The summed E-state index contributed by atoms with van der Waals surface area (Å²) in [5.74, 6) is 1.41. The van der Waals surface area contributed by atoms with Crippen molar-refractivity contribution in [1.82, 2.24) is 9.55 Å². The summed E-state index contributed by atoms with van der Waals surface area (Å²) in [6.45, 7) is 6.08. The van der Waals surface area contributed by atoms with Crippen LogP contribution in [0.4, 0.5) is 0 Å². The number of nitrogens with one attached hydrogen (secondary N) is 1. The average Bonchev–Trinajstić information content (AvgIpc) is 3.62. The highest BCUT2D eigenvalue weighted by molar-refractivity contribution is 5.50. The third kappa shape index (κ3) is 5.97. The fourth-order valence-electron chi connectivity index (χ4n) is 7.53. The van der Waals surface area contributed by atoms with Crippen molar-refractivity contribution in [1.29, 1.82) is 0 Å². The molecule has 2 bridgehead atoms. The van der Waals surface area contributed by atoms with Gasteiger partial charge in [-0.25, -0.2) is 4.79 Å². The lowest BCUT2D eigenvalue weighted by molar-refractivity contribution is -0.216. The van der Waals surface area contributed by atoms with Crippen molar-refractivity contribution >= 4 is 0 Å². The summed E-state index contributed by atoms with van der Waals surface area (Å²) in [7, 11) is 3.26. The molecule has 52 heavy (non-hydrogen) atoms. The Bertz CT molecular complexity index is 2070. The van der Waals surface area contributed by atoms with E-state index >= 15 is 0 Å². The van der Waals surface area contributed by atoms with E-state index in [2.05, 4.69) is 11.6 Å². The molecule has 0 spiro atoms. The Labute approximate surface area is 302 Å². The Kier molecular flexibility index (Phi) is 9.73. The lowest BCUT2D eigenvalue weighted by atomic mass is 9.78. The number of fused-ring (bicyclic) bond motifs is 2. The predicted molar refractivity (Wildman–Crippen MR) is 196 cm³/mol. The summed E-state index contributed by atoms with van der Waals surface area (Å²) >= 11 is 0. The summed E-state index contributed by atoms with van der Waals surface area (Å²) in [5.41, 5.74) is -0.760. The molecular weight excluding hydrogens is 660 g/mol. The Morgan fingerprint density at radius 3 is 2.02 bits per heavy atom. The first-order valence-electron chi connectivity index (χ1n) is 17.2. The molecule has 3 heterocycles. The van der Waals surface area contributed by atoms with Crippen LogP contribution < -0.4 is 20.7 Å². The second-order valence-electron chi connectivity index (χ2n) is 13.2. The predicted octanol–water partition coefficient (Wildman–Crippen LogP) is 6.07.